The Morgan fingerprint density at radius 1 is 1.42 bits per heavy atom. The first kappa shape index (κ1) is 14.9. The van der Waals surface area contributed by atoms with E-state index in [9.17, 15) is 9.59 Å². The molecule has 0 saturated carbocycles. The summed E-state index contributed by atoms with van der Waals surface area (Å²) in [4.78, 5) is 27.9. The average Bonchev–Trinajstić information content (AvgIpc) is 2.27. The van der Waals surface area contributed by atoms with Gasteiger partial charge in [-0.3, -0.25) is 0 Å². The molecule has 1 aromatic heterocycles. The molecule has 1 heterocycles. The Kier molecular flexibility index (Phi) is 5.25. The first-order valence-electron chi connectivity index (χ1n) is 5.80. The van der Waals surface area contributed by atoms with Crippen LogP contribution in [0.1, 0.15) is 17.4 Å². The number of aromatic carboxylic acids is 1. The van der Waals surface area contributed by atoms with Crippen molar-refractivity contribution >= 4 is 17.7 Å². The van der Waals surface area contributed by atoms with Crippen LogP contribution in [0.15, 0.2) is 18.3 Å². The summed E-state index contributed by atoms with van der Waals surface area (Å²) in [7, 11) is 3.84. The molecule has 0 saturated heterocycles. The van der Waals surface area contributed by atoms with Gasteiger partial charge in [0.05, 0.1) is 11.9 Å². The fraction of sp³-hybridized carbons (Fsp3) is 0.417. The maximum absolute atomic E-state index is 11.6. The third-order valence-electron chi connectivity index (χ3n) is 2.26. The number of anilines is 1. The number of hydrogen-bond donors (Lipinski definition) is 3. The number of carbonyl (C=O) groups excluding carboxylic acids is 1. The molecule has 7 heteroatoms. The van der Waals surface area contributed by atoms with Gasteiger partial charge in [0.15, 0.2) is 0 Å². The summed E-state index contributed by atoms with van der Waals surface area (Å²) in [5, 5.41) is 14.0. The number of urea groups is 1. The van der Waals surface area contributed by atoms with Gasteiger partial charge in [-0.25, -0.2) is 14.6 Å². The van der Waals surface area contributed by atoms with Crippen LogP contribution in [-0.4, -0.2) is 53.7 Å². The maximum atomic E-state index is 11.6. The minimum absolute atomic E-state index is 0.00116. The van der Waals surface area contributed by atoms with Gasteiger partial charge < -0.3 is 20.6 Å². The van der Waals surface area contributed by atoms with Gasteiger partial charge in [-0.1, -0.05) is 0 Å². The lowest BCUT2D eigenvalue weighted by Gasteiger charge is -2.18. The van der Waals surface area contributed by atoms with E-state index in [1.54, 1.807) is 0 Å². The second kappa shape index (κ2) is 6.69. The molecule has 1 rings (SSSR count). The molecule has 2 amide bonds. The predicted molar refractivity (Wildman–Crippen MR) is 71.4 cm³/mol. The van der Waals surface area contributed by atoms with Crippen LogP contribution < -0.4 is 10.6 Å². The Balaban J connectivity index is 2.50. The van der Waals surface area contributed by atoms with Crippen molar-refractivity contribution in [2.75, 3.05) is 26.0 Å². The molecule has 7 nitrogen and oxygen atoms in total. The highest BCUT2D eigenvalue weighted by molar-refractivity contribution is 5.90. The molecule has 0 aliphatic heterocycles. The molecule has 0 radical (unpaired) electrons. The minimum atomic E-state index is -1.10. The number of carbonyl (C=O) groups is 2. The van der Waals surface area contributed by atoms with Gasteiger partial charge in [0, 0.05) is 12.6 Å². The van der Waals surface area contributed by atoms with Gasteiger partial charge >= 0.3 is 12.0 Å². The van der Waals surface area contributed by atoms with Gasteiger partial charge in [0.2, 0.25) is 0 Å². The molecule has 19 heavy (non-hydrogen) atoms. The quantitative estimate of drug-likeness (QED) is 0.734. The topological polar surface area (TPSA) is 94.6 Å². The third-order valence-corrected chi connectivity index (χ3v) is 2.26. The Morgan fingerprint density at radius 2 is 2.11 bits per heavy atom. The van der Waals surface area contributed by atoms with Crippen LogP contribution in [0.4, 0.5) is 10.5 Å². The average molecular weight is 266 g/mol. The van der Waals surface area contributed by atoms with Gasteiger partial charge in [0.1, 0.15) is 5.69 Å². The maximum Gasteiger partial charge on any atom is 0.354 e. The van der Waals surface area contributed by atoms with Crippen LogP contribution in [-0.2, 0) is 0 Å². The number of amides is 2. The molecule has 0 spiro atoms. The molecule has 0 bridgehead atoms. The molecular formula is C12H18N4O3. The summed E-state index contributed by atoms with van der Waals surface area (Å²) >= 11 is 0. The Labute approximate surface area is 111 Å². The van der Waals surface area contributed by atoms with E-state index in [1.807, 2.05) is 25.9 Å². The van der Waals surface area contributed by atoms with E-state index in [0.29, 0.717) is 5.69 Å². The van der Waals surface area contributed by atoms with E-state index in [2.05, 4.69) is 15.6 Å². The number of pyridine rings is 1. The van der Waals surface area contributed by atoms with Crippen molar-refractivity contribution in [2.45, 2.75) is 13.0 Å². The molecule has 0 aromatic carbocycles. The minimum Gasteiger partial charge on any atom is -0.477 e. The van der Waals surface area contributed by atoms with E-state index < -0.39 is 5.97 Å². The number of hydrogen-bond acceptors (Lipinski definition) is 4. The van der Waals surface area contributed by atoms with Crippen molar-refractivity contribution in [1.82, 2.24) is 15.2 Å². The number of carboxylic acid groups (broad SMARTS) is 1. The summed E-state index contributed by atoms with van der Waals surface area (Å²) in [6, 6.07) is 2.48. The molecule has 104 valence electrons. The smallest absolute Gasteiger partial charge is 0.354 e. The number of nitrogens with one attached hydrogen (secondary N) is 2. The van der Waals surface area contributed by atoms with Crippen LogP contribution >= 0.6 is 0 Å². The van der Waals surface area contributed by atoms with Crippen LogP contribution in [0.5, 0.6) is 0 Å². The second-order valence-electron chi connectivity index (χ2n) is 4.50. The first-order valence-corrected chi connectivity index (χ1v) is 5.80. The molecule has 1 atom stereocenters. The normalized spacial score (nSPS) is 12.0. The zero-order chi connectivity index (χ0) is 14.4. The van der Waals surface area contributed by atoms with E-state index in [4.69, 9.17) is 5.11 Å². The van der Waals surface area contributed by atoms with Gasteiger partial charge in [0.25, 0.3) is 0 Å². The van der Waals surface area contributed by atoms with Crippen molar-refractivity contribution in [3.05, 3.63) is 24.0 Å². The molecule has 0 aliphatic rings. The van der Waals surface area contributed by atoms with Gasteiger partial charge in [-0.2, -0.15) is 0 Å². The Bertz CT molecular complexity index is 445. The SMILES string of the molecule is CC(CN(C)C)NC(=O)Nc1ccc(C(=O)O)nc1. The van der Waals surface area contributed by atoms with Crippen molar-refractivity contribution in [2.24, 2.45) is 0 Å². The fourth-order valence-corrected chi connectivity index (χ4v) is 1.58. The van der Waals surface area contributed by atoms with Crippen LogP contribution in [0, 0.1) is 0 Å². The predicted octanol–water partition coefficient (Wildman–Crippen LogP) is 0.851. The van der Waals surface area contributed by atoms with Crippen LogP contribution in [0.3, 0.4) is 0 Å². The largest absolute Gasteiger partial charge is 0.477 e. The van der Waals surface area contributed by atoms with E-state index in [0.717, 1.165) is 6.54 Å². The molecule has 0 aliphatic carbocycles. The first-order chi connectivity index (χ1) is 8.88. The van der Waals surface area contributed by atoms with Gasteiger partial charge in [-0.15, -0.1) is 0 Å². The zero-order valence-corrected chi connectivity index (χ0v) is 11.2. The van der Waals surface area contributed by atoms with E-state index >= 15 is 0 Å². The number of rotatable bonds is 5. The fourth-order valence-electron chi connectivity index (χ4n) is 1.58. The Hall–Kier alpha value is -2.15. The highest BCUT2D eigenvalue weighted by atomic mass is 16.4. The highest BCUT2D eigenvalue weighted by Crippen LogP contribution is 2.06. The zero-order valence-electron chi connectivity index (χ0n) is 11.2. The molecule has 3 N–H and O–H groups in total. The third kappa shape index (κ3) is 5.35. The lowest BCUT2D eigenvalue weighted by Crippen LogP contribution is -2.41. The van der Waals surface area contributed by atoms with Crippen molar-refractivity contribution in [3.63, 3.8) is 0 Å². The van der Waals surface area contributed by atoms with Crippen molar-refractivity contribution in [1.29, 1.82) is 0 Å². The van der Waals surface area contributed by atoms with Crippen molar-refractivity contribution < 1.29 is 14.7 Å². The van der Waals surface area contributed by atoms with Gasteiger partial charge in [-0.05, 0) is 33.2 Å². The summed E-state index contributed by atoms with van der Waals surface area (Å²) in [6.45, 7) is 2.62. The molecular weight excluding hydrogens is 248 g/mol. The summed E-state index contributed by atoms with van der Waals surface area (Å²) in [5.74, 6) is -1.10. The summed E-state index contributed by atoms with van der Waals surface area (Å²) in [6.07, 6.45) is 1.31. The van der Waals surface area contributed by atoms with Crippen LogP contribution in [0.2, 0.25) is 0 Å². The second-order valence-corrected chi connectivity index (χ2v) is 4.50. The number of nitrogens with zero attached hydrogens (tertiary/aromatic N) is 2. The lowest BCUT2D eigenvalue weighted by atomic mass is 10.3. The summed E-state index contributed by atoms with van der Waals surface area (Å²) in [5.41, 5.74) is 0.381. The molecule has 1 aromatic rings. The van der Waals surface area contributed by atoms with E-state index in [1.165, 1.54) is 18.3 Å². The van der Waals surface area contributed by atoms with Crippen molar-refractivity contribution in [3.8, 4) is 0 Å². The number of aromatic nitrogens is 1. The van der Waals surface area contributed by atoms with Crippen LogP contribution in [0.25, 0.3) is 0 Å². The Morgan fingerprint density at radius 3 is 2.58 bits per heavy atom. The highest BCUT2D eigenvalue weighted by Gasteiger charge is 2.09. The van der Waals surface area contributed by atoms with E-state index in [-0.39, 0.29) is 17.8 Å². The number of carboxylic acids is 1. The summed E-state index contributed by atoms with van der Waals surface area (Å²) < 4.78 is 0. The number of likely N-dealkylation sites (N-methyl/N-ethyl adjacent to an activating group) is 1. The molecule has 1 unspecified atom stereocenters. The monoisotopic (exact) mass is 266 g/mol. The molecule has 0 fully saturated rings. The standard InChI is InChI=1S/C12H18N4O3/c1-8(7-16(2)3)14-12(19)15-9-4-5-10(11(17)18)13-6-9/h4-6,8H,7H2,1-3H3,(H,17,18)(H2,14,15,19). The lowest BCUT2D eigenvalue weighted by molar-refractivity contribution is 0.0690.